The van der Waals surface area contributed by atoms with Crippen molar-refractivity contribution in [3.05, 3.63) is 11.1 Å². The first-order valence-electron chi connectivity index (χ1n) is 3.80. The molecule has 0 aromatic carbocycles. The lowest BCUT2D eigenvalue weighted by Crippen LogP contribution is -2.10. The first-order chi connectivity index (χ1) is 4.93. The minimum Gasteiger partial charge on any atom is -0.282 e. The molecule has 1 nitrogen and oxygen atoms in total. The van der Waals surface area contributed by atoms with E-state index in [1.165, 1.54) is 17.3 Å². The summed E-state index contributed by atoms with van der Waals surface area (Å²) in [5.74, 6) is 0.897. The lowest BCUT2D eigenvalue weighted by Gasteiger charge is -2.20. The van der Waals surface area contributed by atoms with Gasteiger partial charge in [0.1, 0.15) is 0 Å². The van der Waals surface area contributed by atoms with Crippen molar-refractivity contribution in [1.82, 2.24) is 0 Å². The molecule has 0 aliphatic carbocycles. The summed E-state index contributed by atoms with van der Waals surface area (Å²) in [7, 11) is 0. The van der Waals surface area contributed by atoms with E-state index in [9.17, 15) is 4.79 Å². The summed E-state index contributed by atoms with van der Waals surface area (Å²) in [6.45, 7) is 8.41. The molecule has 0 unspecified atom stereocenters. The van der Waals surface area contributed by atoms with Gasteiger partial charge in [-0.25, -0.2) is 0 Å². The Morgan fingerprint density at radius 3 is 2.09 bits per heavy atom. The van der Waals surface area contributed by atoms with Gasteiger partial charge in [-0.1, -0.05) is 32.5 Å². The van der Waals surface area contributed by atoms with Crippen molar-refractivity contribution in [3.8, 4) is 0 Å². The normalized spacial score (nSPS) is 19.8. The van der Waals surface area contributed by atoms with E-state index in [4.69, 9.17) is 0 Å². The third-order valence-corrected chi connectivity index (χ3v) is 3.01. The van der Waals surface area contributed by atoms with Gasteiger partial charge in [0.05, 0.1) is 0 Å². The van der Waals surface area contributed by atoms with Crippen molar-refractivity contribution in [2.45, 2.75) is 27.7 Å². The quantitative estimate of drug-likeness (QED) is 0.556. The molecule has 62 valence electrons. The fourth-order valence-corrected chi connectivity index (χ4v) is 2.52. The molecule has 0 aromatic rings. The van der Waals surface area contributed by atoms with Crippen molar-refractivity contribution in [2.24, 2.45) is 5.41 Å². The SMILES string of the molecule is CC1=C(C(C)(C)C)CSC1=O. The van der Waals surface area contributed by atoms with Gasteiger partial charge in [0.15, 0.2) is 0 Å². The van der Waals surface area contributed by atoms with Crippen LogP contribution in [0.25, 0.3) is 0 Å². The van der Waals surface area contributed by atoms with Crippen molar-refractivity contribution >= 4 is 16.9 Å². The van der Waals surface area contributed by atoms with Crippen LogP contribution in [0.5, 0.6) is 0 Å². The first-order valence-corrected chi connectivity index (χ1v) is 4.79. The second-order valence-corrected chi connectivity index (χ2v) is 4.88. The minimum atomic E-state index is 0.170. The van der Waals surface area contributed by atoms with Crippen LogP contribution >= 0.6 is 11.8 Å². The van der Waals surface area contributed by atoms with Crippen LogP contribution in [0.2, 0.25) is 0 Å². The zero-order valence-electron chi connectivity index (χ0n) is 7.52. The Morgan fingerprint density at radius 2 is 1.91 bits per heavy atom. The molecule has 0 saturated heterocycles. The van der Waals surface area contributed by atoms with E-state index >= 15 is 0 Å². The van der Waals surface area contributed by atoms with E-state index in [0.29, 0.717) is 0 Å². The Balaban J connectivity index is 2.98. The van der Waals surface area contributed by atoms with Gasteiger partial charge in [0.2, 0.25) is 5.12 Å². The van der Waals surface area contributed by atoms with Crippen LogP contribution in [0.3, 0.4) is 0 Å². The zero-order chi connectivity index (χ0) is 8.65. The van der Waals surface area contributed by atoms with Gasteiger partial charge in [-0.3, -0.25) is 4.79 Å². The molecule has 0 spiro atoms. The maximum Gasteiger partial charge on any atom is 0.215 e. The van der Waals surface area contributed by atoms with Crippen LogP contribution < -0.4 is 0 Å². The standard InChI is InChI=1S/C9H14OS/c1-6-7(9(2,3)4)5-11-8(6)10/h5H2,1-4H3. The van der Waals surface area contributed by atoms with Gasteiger partial charge in [-0.2, -0.15) is 0 Å². The Kier molecular flexibility index (Phi) is 2.15. The molecule has 0 bridgehead atoms. The van der Waals surface area contributed by atoms with E-state index in [0.717, 1.165) is 11.3 Å². The molecular formula is C9H14OS. The van der Waals surface area contributed by atoms with Gasteiger partial charge in [0, 0.05) is 11.3 Å². The third kappa shape index (κ3) is 1.67. The van der Waals surface area contributed by atoms with Crippen LogP contribution in [0.4, 0.5) is 0 Å². The smallest absolute Gasteiger partial charge is 0.215 e. The van der Waals surface area contributed by atoms with E-state index in [2.05, 4.69) is 20.8 Å². The Bertz CT molecular complexity index is 220. The predicted octanol–water partition coefficient (Wildman–Crippen LogP) is 2.62. The Morgan fingerprint density at radius 1 is 1.36 bits per heavy atom. The molecule has 0 saturated carbocycles. The molecule has 1 aliphatic rings. The maximum atomic E-state index is 11.1. The Hall–Kier alpha value is -0.240. The molecule has 2 heteroatoms. The monoisotopic (exact) mass is 170 g/mol. The Labute approximate surface area is 72.2 Å². The van der Waals surface area contributed by atoms with Crippen LogP contribution in [0.1, 0.15) is 27.7 Å². The minimum absolute atomic E-state index is 0.170. The number of carbonyl (C=O) groups excluding carboxylic acids is 1. The summed E-state index contributed by atoms with van der Waals surface area (Å²) < 4.78 is 0. The molecule has 0 N–H and O–H groups in total. The van der Waals surface area contributed by atoms with E-state index in [-0.39, 0.29) is 10.5 Å². The van der Waals surface area contributed by atoms with Crippen molar-refractivity contribution in [2.75, 3.05) is 5.75 Å². The molecule has 1 aliphatic heterocycles. The molecule has 0 aromatic heterocycles. The third-order valence-electron chi connectivity index (χ3n) is 2.01. The summed E-state index contributed by atoms with van der Waals surface area (Å²) >= 11 is 1.43. The van der Waals surface area contributed by atoms with E-state index in [1.54, 1.807) is 0 Å². The molecule has 11 heavy (non-hydrogen) atoms. The van der Waals surface area contributed by atoms with Gasteiger partial charge in [-0.05, 0) is 17.9 Å². The highest BCUT2D eigenvalue weighted by molar-refractivity contribution is 8.14. The van der Waals surface area contributed by atoms with Gasteiger partial charge < -0.3 is 0 Å². The van der Waals surface area contributed by atoms with Crippen molar-refractivity contribution in [3.63, 3.8) is 0 Å². The number of carbonyl (C=O) groups is 1. The number of hydrogen-bond donors (Lipinski definition) is 0. The van der Waals surface area contributed by atoms with E-state index < -0.39 is 0 Å². The highest BCUT2D eigenvalue weighted by Gasteiger charge is 2.28. The van der Waals surface area contributed by atoms with Crippen LogP contribution in [0.15, 0.2) is 11.1 Å². The topological polar surface area (TPSA) is 17.1 Å². The number of thioether (sulfide) groups is 1. The number of hydrogen-bond acceptors (Lipinski definition) is 2. The second-order valence-electron chi connectivity index (χ2n) is 3.93. The average molecular weight is 170 g/mol. The van der Waals surface area contributed by atoms with Gasteiger partial charge >= 0.3 is 0 Å². The molecule has 0 radical (unpaired) electrons. The highest BCUT2D eigenvalue weighted by Crippen LogP contribution is 2.37. The van der Waals surface area contributed by atoms with E-state index in [1.807, 2.05) is 6.92 Å². The van der Waals surface area contributed by atoms with Crippen LogP contribution in [-0.4, -0.2) is 10.9 Å². The zero-order valence-corrected chi connectivity index (χ0v) is 8.34. The molecule has 1 rings (SSSR count). The molecule has 1 heterocycles. The fraction of sp³-hybridized carbons (Fsp3) is 0.667. The highest BCUT2D eigenvalue weighted by atomic mass is 32.2. The average Bonchev–Trinajstić information content (AvgIpc) is 2.11. The lowest BCUT2D eigenvalue weighted by atomic mass is 9.85. The van der Waals surface area contributed by atoms with Crippen molar-refractivity contribution in [1.29, 1.82) is 0 Å². The van der Waals surface area contributed by atoms with Crippen LogP contribution in [-0.2, 0) is 4.79 Å². The maximum absolute atomic E-state index is 11.1. The van der Waals surface area contributed by atoms with Crippen molar-refractivity contribution < 1.29 is 4.79 Å². The number of rotatable bonds is 0. The largest absolute Gasteiger partial charge is 0.282 e. The first kappa shape index (κ1) is 8.85. The van der Waals surface area contributed by atoms with Crippen LogP contribution in [0, 0.1) is 5.41 Å². The summed E-state index contributed by atoms with van der Waals surface area (Å²) in [5.41, 5.74) is 2.46. The molecule has 0 amide bonds. The fourth-order valence-electron chi connectivity index (χ4n) is 1.26. The summed E-state index contributed by atoms with van der Waals surface area (Å²) in [4.78, 5) is 11.1. The molecular weight excluding hydrogens is 156 g/mol. The van der Waals surface area contributed by atoms with Gasteiger partial charge in [0.25, 0.3) is 0 Å². The summed E-state index contributed by atoms with van der Waals surface area (Å²) in [6.07, 6.45) is 0. The summed E-state index contributed by atoms with van der Waals surface area (Å²) in [5, 5.41) is 0.259. The predicted molar refractivity (Wildman–Crippen MR) is 49.6 cm³/mol. The lowest BCUT2D eigenvalue weighted by molar-refractivity contribution is -0.107. The molecule has 0 fully saturated rings. The van der Waals surface area contributed by atoms with Gasteiger partial charge in [-0.15, -0.1) is 0 Å². The second kappa shape index (κ2) is 2.67. The molecule has 0 atom stereocenters. The summed E-state index contributed by atoms with van der Waals surface area (Å²) in [6, 6.07) is 0.